The van der Waals surface area contributed by atoms with Crippen LogP contribution in [0.25, 0.3) is 0 Å². The van der Waals surface area contributed by atoms with Crippen LogP contribution in [0.1, 0.15) is 25.7 Å². The predicted octanol–water partition coefficient (Wildman–Crippen LogP) is 2.41. The third-order valence-electron chi connectivity index (χ3n) is 2.53. The molecular formula is C10H14F3NO. The number of rotatable bonds is 2. The second-order valence-corrected chi connectivity index (χ2v) is 3.86. The largest absolute Gasteiger partial charge is 0.405 e. The van der Waals surface area contributed by atoms with Gasteiger partial charge in [-0.25, -0.2) is 0 Å². The summed E-state index contributed by atoms with van der Waals surface area (Å²) in [5.41, 5.74) is 1.08. The SMILES string of the molecule is C=C1CCC(C(=O)NCC(F)(F)F)CC1. The highest BCUT2D eigenvalue weighted by Gasteiger charge is 2.30. The Hall–Kier alpha value is -1.00. The minimum atomic E-state index is -4.33. The van der Waals surface area contributed by atoms with Gasteiger partial charge in [0, 0.05) is 5.92 Å². The van der Waals surface area contributed by atoms with Gasteiger partial charge in [-0.1, -0.05) is 12.2 Å². The van der Waals surface area contributed by atoms with Crippen molar-refractivity contribution in [1.29, 1.82) is 0 Å². The van der Waals surface area contributed by atoms with Crippen LogP contribution in [0.2, 0.25) is 0 Å². The highest BCUT2D eigenvalue weighted by atomic mass is 19.4. The molecule has 1 amide bonds. The number of hydrogen-bond acceptors (Lipinski definition) is 1. The van der Waals surface area contributed by atoms with Gasteiger partial charge >= 0.3 is 6.18 Å². The van der Waals surface area contributed by atoms with Crippen molar-refractivity contribution in [3.63, 3.8) is 0 Å². The van der Waals surface area contributed by atoms with Crippen LogP contribution in [0.4, 0.5) is 13.2 Å². The van der Waals surface area contributed by atoms with E-state index in [0.29, 0.717) is 12.8 Å². The van der Waals surface area contributed by atoms with E-state index in [1.54, 1.807) is 0 Å². The second-order valence-electron chi connectivity index (χ2n) is 3.86. The fourth-order valence-electron chi connectivity index (χ4n) is 1.62. The van der Waals surface area contributed by atoms with E-state index >= 15 is 0 Å². The number of halogens is 3. The van der Waals surface area contributed by atoms with Crippen LogP contribution in [0.3, 0.4) is 0 Å². The third kappa shape index (κ3) is 4.36. The van der Waals surface area contributed by atoms with E-state index < -0.39 is 18.6 Å². The lowest BCUT2D eigenvalue weighted by Gasteiger charge is -2.22. The summed E-state index contributed by atoms with van der Waals surface area (Å²) in [6.45, 7) is 2.55. The number of nitrogens with one attached hydrogen (secondary N) is 1. The summed E-state index contributed by atoms with van der Waals surface area (Å²) in [4.78, 5) is 11.3. The first-order valence-electron chi connectivity index (χ1n) is 4.89. The van der Waals surface area contributed by atoms with Gasteiger partial charge < -0.3 is 5.32 Å². The molecule has 5 heteroatoms. The van der Waals surface area contributed by atoms with Gasteiger partial charge in [0.05, 0.1) is 0 Å². The van der Waals surface area contributed by atoms with Gasteiger partial charge in [-0.2, -0.15) is 13.2 Å². The Bertz CT molecular complexity index is 250. The molecular weight excluding hydrogens is 207 g/mol. The fraction of sp³-hybridized carbons (Fsp3) is 0.700. The maximum Gasteiger partial charge on any atom is 0.405 e. The van der Waals surface area contributed by atoms with Crippen molar-refractivity contribution in [3.05, 3.63) is 12.2 Å². The van der Waals surface area contributed by atoms with Crippen molar-refractivity contribution in [3.8, 4) is 0 Å². The number of alkyl halides is 3. The van der Waals surface area contributed by atoms with Gasteiger partial charge in [0.1, 0.15) is 6.54 Å². The number of carbonyl (C=O) groups is 1. The fourth-order valence-corrected chi connectivity index (χ4v) is 1.62. The van der Waals surface area contributed by atoms with Crippen molar-refractivity contribution in [1.82, 2.24) is 5.32 Å². The van der Waals surface area contributed by atoms with Gasteiger partial charge in [0.15, 0.2) is 0 Å². The molecule has 1 fully saturated rings. The molecule has 0 unspecified atom stereocenters. The van der Waals surface area contributed by atoms with E-state index in [0.717, 1.165) is 18.4 Å². The van der Waals surface area contributed by atoms with E-state index in [-0.39, 0.29) is 5.92 Å². The van der Waals surface area contributed by atoms with Crippen molar-refractivity contribution < 1.29 is 18.0 Å². The number of carbonyl (C=O) groups excluding carboxylic acids is 1. The summed E-state index contributed by atoms with van der Waals surface area (Å²) < 4.78 is 35.4. The van der Waals surface area contributed by atoms with E-state index in [9.17, 15) is 18.0 Å². The molecule has 0 aromatic carbocycles. The lowest BCUT2D eigenvalue weighted by atomic mass is 9.86. The second kappa shape index (κ2) is 4.68. The summed E-state index contributed by atoms with van der Waals surface area (Å²) in [7, 11) is 0. The molecule has 0 atom stereocenters. The van der Waals surface area contributed by atoms with Crippen LogP contribution in [0, 0.1) is 5.92 Å². The molecule has 0 saturated heterocycles. The molecule has 1 aliphatic carbocycles. The molecule has 2 nitrogen and oxygen atoms in total. The third-order valence-corrected chi connectivity index (χ3v) is 2.53. The minimum Gasteiger partial charge on any atom is -0.347 e. The van der Waals surface area contributed by atoms with Gasteiger partial charge in [-0.05, 0) is 25.7 Å². The molecule has 0 radical (unpaired) electrons. The van der Waals surface area contributed by atoms with Crippen molar-refractivity contribution in [2.45, 2.75) is 31.9 Å². The first kappa shape index (κ1) is 12.1. The zero-order valence-electron chi connectivity index (χ0n) is 8.36. The average molecular weight is 221 g/mol. The highest BCUT2D eigenvalue weighted by molar-refractivity contribution is 5.78. The minimum absolute atomic E-state index is 0.280. The molecule has 1 N–H and O–H groups in total. The average Bonchev–Trinajstić information content (AvgIpc) is 2.14. The quantitative estimate of drug-likeness (QED) is 0.713. The van der Waals surface area contributed by atoms with Crippen LogP contribution in [-0.4, -0.2) is 18.6 Å². The summed E-state index contributed by atoms with van der Waals surface area (Å²) in [5.74, 6) is -0.766. The Morgan fingerprint density at radius 3 is 2.40 bits per heavy atom. The molecule has 86 valence electrons. The zero-order chi connectivity index (χ0) is 11.5. The zero-order valence-corrected chi connectivity index (χ0v) is 8.36. The van der Waals surface area contributed by atoms with Gasteiger partial charge in [0.2, 0.25) is 5.91 Å². The Balaban J connectivity index is 2.31. The molecule has 0 spiro atoms. The summed E-state index contributed by atoms with van der Waals surface area (Å²) in [5, 5.41) is 1.91. The van der Waals surface area contributed by atoms with Gasteiger partial charge in [-0.15, -0.1) is 0 Å². The monoisotopic (exact) mass is 221 g/mol. The Morgan fingerprint density at radius 1 is 1.40 bits per heavy atom. The highest BCUT2D eigenvalue weighted by Crippen LogP contribution is 2.27. The topological polar surface area (TPSA) is 29.1 Å². The molecule has 0 aromatic rings. The van der Waals surface area contributed by atoms with E-state index in [4.69, 9.17) is 0 Å². The Labute approximate surface area is 86.5 Å². The smallest absolute Gasteiger partial charge is 0.347 e. The summed E-state index contributed by atoms with van der Waals surface area (Å²) >= 11 is 0. The summed E-state index contributed by atoms with van der Waals surface area (Å²) in [6, 6.07) is 0. The van der Waals surface area contributed by atoms with E-state index in [2.05, 4.69) is 6.58 Å². The molecule has 1 aliphatic rings. The number of amides is 1. The van der Waals surface area contributed by atoms with Crippen LogP contribution in [0.15, 0.2) is 12.2 Å². The van der Waals surface area contributed by atoms with Crippen LogP contribution < -0.4 is 5.32 Å². The van der Waals surface area contributed by atoms with E-state index in [1.807, 2.05) is 5.32 Å². The number of allylic oxidation sites excluding steroid dienone is 1. The predicted molar refractivity (Wildman–Crippen MR) is 50.2 cm³/mol. The maximum absolute atomic E-state index is 11.8. The summed E-state index contributed by atoms with van der Waals surface area (Å²) in [6.07, 6.45) is -1.62. The molecule has 1 rings (SSSR count). The molecule has 1 saturated carbocycles. The van der Waals surface area contributed by atoms with Crippen LogP contribution in [-0.2, 0) is 4.79 Å². The molecule has 0 bridgehead atoms. The van der Waals surface area contributed by atoms with Gasteiger partial charge in [0.25, 0.3) is 0 Å². The van der Waals surface area contributed by atoms with E-state index in [1.165, 1.54) is 0 Å². The lowest BCUT2D eigenvalue weighted by Crippen LogP contribution is -2.38. The lowest BCUT2D eigenvalue weighted by molar-refractivity contribution is -0.141. The van der Waals surface area contributed by atoms with Crippen molar-refractivity contribution in [2.75, 3.05) is 6.54 Å². The normalized spacial score (nSPS) is 19.0. The first-order chi connectivity index (χ1) is 6.88. The maximum atomic E-state index is 11.8. The van der Waals surface area contributed by atoms with Crippen molar-refractivity contribution in [2.24, 2.45) is 5.92 Å². The first-order valence-corrected chi connectivity index (χ1v) is 4.89. The van der Waals surface area contributed by atoms with Crippen LogP contribution >= 0.6 is 0 Å². The number of hydrogen-bond donors (Lipinski definition) is 1. The molecule has 0 aliphatic heterocycles. The molecule has 0 heterocycles. The van der Waals surface area contributed by atoms with Gasteiger partial charge in [-0.3, -0.25) is 4.79 Å². The Morgan fingerprint density at radius 2 is 1.93 bits per heavy atom. The molecule has 0 aromatic heterocycles. The Kier molecular flexibility index (Phi) is 3.77. The molecule has 15 heavy (non-hydrogen) atoms. The van der Waals surface area contributed by atoms with Crippen LogP contribution in [0.5, 0.6) is 0 Å². The standard InChI is InChI=1S/C10H14F3NO/c1-7-2-4-8(5-3-7)9(15)14-6-10(11,12)13/h8H,1-6H2,(H,14,15). The van der Waals surface area contributed by atoms with Crippen molar-refractivity contribution >= 4 is 5.91 Å².